The molecule has 0 saturated heterocycles. The van der Waals surface area contributed by atoms with Gasteiger partial charge in [-0.25, -0.2) is 0 Å². The molecule has 136 valence electrons. The second kappa shape index (κ2) is 6.74. The first-order valence-electron chi connectivity index (χ1n) is 8.81. The van der Waals surface area contributed by atoms with Gasteiger partial charge < -0.3 is 0 Å². The number of fused-ring (bicyclic) bond motifs is 3. The van der Waals surface area contributed by atoms with Crippen molar-refractivity contribution in [3.63, 3.8) is 0 Å². The van der Waals surface area contributed by atoms with E-state index in [0.29, 0.717) is 0 Å². The smallest absolute Gasteiger partial charge is 0.264 e. The third kappa shape index (κ3) is 3.13. The number of carbonyl (C=O) groups is 1. The first-order chi connectivity index (χ1) is 12.8. The minimum absolute atomic E-state index is 0.0263. The molecule has 2 nitrogen and oxygen atoms in total. The number of hydrogen-bond donors (Lipinski definition) is 0. The lowest BCUT2D eigenvalue weighted by Gasteiger charge is -2.23. The molecule has 1 aromatic heterocycles. The highest BCUT2D eigenvalue weighted by molar-refractivity contribution is 14.1. The Morgan fingerprint density at radius 3 is 2.37 bits per heavy atom. The molecule has 0 atom stereocenters. The van der Waals surface area contributed by atoms with Gasteiger partial charge in [-0.15, -0.1) is 0 Å². The Hall–Kier alpha value is -1.66. The quantitative estimate of drug-likeness (QED) is 0.239. The van der Waals surface area contributed by atoms with Crippen molar-refractivity contribution in [2.24, 2.45) is 0 Å². The summed E-state index contributed by atoms with van der Waals surface area (Å²) in [6.07, 6.45) is 0. The second-order valence-electron chi connectivity index (χ2n) is 7.73. The molecule has 0 aliphatic carbocycles. The highest BCUT2D eigenvalue weighted by Gasteiger charge is 2.26. The zero-order chi connectivity index (χ0) is 19.3. The van der Waals surface area contributed by atoms with E-state index in [0.717, 1.165) is 41.0 Å². The zero-order valence-corrected chi connectivity index (χ0v) is 19.1. The van der Waals surface area contributed by atoms with Gasteiger partial charge in [0.15, 0.2) is 0 Å². The first kappa shape index (κ1) is 18.7. The lowest BCUT2D eigenvalue weighted by atomic mass is 9.83. The van der Waals surface area contributed by atoms with Crippen LogP contribution in [0.25, 0.3) is 21.8 Å². The Labute approximate surface area is 180 Å². The van der Waals surface area contributed by atoms with E-state index in [2.05, 4.69) is 77.5 Å². The molecular weight excluding hydrogens is 513 g/mol. The molecule has 0 saturated carbocycles. The van der Waals surface area contributed by atoms with Gasteiger partial charge >= 0.3 is 0 Å². The molecule has 0 N–H and O–H groups in total. The maximum absolute atomic E-state index is 13.9. The van der Waals surface area contributed by atoms with Gasteiger partial charge in [0.1, 0.15) is 0 Å². The summed E-state index contributed by atoms with van der Waals surface area (Å²) in [5.41, 5.74) is 3.62. The van der Waals surface area contributed by atoms with Crippen LogP contribution < -0.4 is 0 Å². The minimum atomic E-state index is -0.117. The molecule has 4 aromatic rings. The van der Waals surface area contributed by atoms with E-state index < -0.39 is 0 Å². The number of benzene rings is 3. The highest BCUT2D eigenvalue weighted by Crippen LogP contribution is 2.34. The number of aromatic nitrogens is 1. The van der Waals surface area contributed by atoms with Gasteiger partial charge in [-0.3, -0.25) is 9.36 Å². The molecule has 0 spiro atoms. The van der Waals surface area contributed by atoms with Crippen LogP contribution in [-0.4, -0.2) is 10.5 Å². The summed E-state index contributed by atoms with van der Waals surface area (Å²) >= 11 is 5.84. The van der Waals surface area contributed by atoms with Gasteiger partial charge in [0.2, 0.25) is 0 Å². The molecule has 0 radical (unpaired) electrons. The van der Waals surface area contributed by atoms with E-state index in [9.17, 15) is 4.79 Å². The normalized spacial score (nSPS) is 12.0. The van der Waals surface area contributed by atoms with E-state index in [4.69, 9.17) is 0 Å². The summed E-state index contributed by atoms with van der Waals surface area (Å²) in [6.45, 7) is 6.45. The fourth-order valence-electron chi connectivity index (χ4n) is 3.64. The van der Waals surface area contributed by atoms with E-state index in [1.165, 1.54) is 0 Å². The van der Waals surface area contributed by atoms with Gasteiger partial charge in [-0.2, -0.15) is 0 Å². The lowest BCUT2D eigenvalue weighted by Crippen LogP contribution is -2.22. The number of para-hydroxylation sites is 1. The predicted molar refractivity (Wildman–Crippen MR) is 125 cm³/mol. The maximum Gasteiger partial charge on any atom is 0.264 e. The van der Waals surface area contributed by atoms with E-state index in [-0.39, 0.29) is 11.3 Å². The lowest BCUT2D eigenvalue weighted by molar-refractivity contribution is 0.0966. The van der Waals surface area contributed by atoms with Crippen LogP contribution in [0.1, 0.15) is 36.7 Å². The SMILES string of the molecule is CC(C)(C)c1cccc(I)c1C(=O)n1c2ccccc2c2cc(Br)ccc21. The molecule has 0 unspecified atom stereocenters. The molecule has 27 heavy (non-hydrogen) atoms. The topological polar surface area (TPSA) is 22.0 Å². The number of rotatable bonds is 1. The summed E-state index contributed by atoms with van der Waals surface area (Å²) in [7, 11) is 0. The van der Waals surface area contributed by atoms with Gasteiger partial charge in [-0.1, -0.05) is 67.0 Å². The summed E-state index contributed by atoms with van der Waals surface area (Å²) in [5.74, 6) is 0.0263. The van der Waals surface area contributed by atoms with E-state index in [1.807, 2.05) is 47.0 Å². The number of nitrogens with zero attached hydrogens (tertiary/aromatic N) is 1. The van der Waals surface area contributed by atoms with Crippen LogP contribution in [0.3, 0.4) is 0 Å². The fourth-order valence-corrected chi connectivity index (χ4v) is 4.73. The molecular formula is C23H19BrINO. The largest absolute Gasteiger partial charge is 0.276 e. The average Bonchev–Trinajstić information content (AvgIpc) is 2.94. The van der Waals surface area contributed by atoms with Gasteiger partial charge in [0, 0.05) is 18.8 Å². The van der Waals surface area contributed by atoms with E-state index >= 15 is 0 Å². The molecule has 4 rings (SSSR count). The van der Waals surface area contributed by atoms with Crippen molar-refractivity contribution in [2.75, 3.05) is 0 Å². The van der Waals surface area contributed by atoms with Crippen LogP contribution in [0, 0.1) is 3.57 Å². The Kier molecular flexibility index (Phi) is 4.67. The van der Waals surface area contributed by atoms with Crippen molar-refractivity contribution in [1.82, 2.24) is 4.57 Å². The van der Waals surface area contributed by atoms with Crippen LogP contribution in [0.4, 0.5) is 0 Å². The third-order valence-corrected chi connectivity index (χ3v) is 6.27. The molecule has 0 fully saturated rings. The van der Waals surface area contributed by atoms with Crippen LogP contribution >= 0.6 is 38.5 Å². The summed E-state index contributed by atoms with van der Waals surface area (Å²) in [6, 6.07) is 20.3. The highest BCUT2D eigenvalue weighted by atomic mass is 127. The number of halogens is 2. The van der Waals surface area contributed by atoms with Crippen molar-refractivity contribution in [1.29, 1.82) is 0 Å². The second-order valence-corrected chi connectivity index (χ2v) is 9.81. The third-order valence-electron chi connectivity index (χ3n) is 4.87. The van der Waals surface area contributed by atoms with Crippen molar-refractivity contribution in [2.45, 2.75) is 26.2 Å². The van der Waals surface area contributed by atoms with Crippen molar-refractivity contribution in [3.05, 3.63) is 79.8 Å². The van der Waals surface area contributed by atoms with E-state index in [1.54, 1.807) is 0 Å². The molecule has 3 aromatic carbocycles. The molecule has 0 amide bonds. The van der Waals surface area contributed by atoms with Crippen LogP contribution in [0.15, 0.2) is 65.1 Å². The minimum Gasteiger partial charge on any atom is -0.276 e. The molecule has 0 bridgehead atoms. The number of carbonyl (C=O) groups excluding carboxylic acids is 1. The Morgan fingerprint density at radius 2 is 1.63 bits per heavy atom. The summed E-state index contributed by atoms with van der Waals surface area (Å²) < 4.78 is 3.85. The Balaban J connectivity index is 2.08. The van der Waals surface area contributed by atoms with Gasteiger partial charge in [0.25, 0.3) is 5.91 Å². The molecule has 0 aliphatic heterocycles. The maximum atomic E-state index is 13.9. The van der Waals surface area contributed by atoms with Crippen molar-refractivity contribution in [3.8, 4) is 0 Å². The predicted octanol–water partition coefficient (Wildman–Crippen LogP) is 7.15. The zero-order valence-electron chi connectivity index (χ0n) is 15.4. The summed E-state index contributed by atoms with van der Waals surface area (Å²) in [5, 5.41) is 2.17. The van der Waals surface area contributed by atoms with Gasteiger partial charge in [0.05, 0.1) is 16.6 Å². The number of hydrogen-bond acceptors (Lipinski definition) is 1. The molecule has 4 heteroatoms. The average molecular weight is 532 g/mol. The Morgan fingerprint density at radius 1 is 0.926 bits per heavy atom. The van der Waals surface area contributed by atoms with Gasteiger partial charge in [-0.05, 0) is 63.9 Å². The fraction of sp³-hybridized carbons (Fsp3) is 0.174. The summed E-state index contributed by atoms with van der Waals surface area (Å²) in [4.78, 5) is 13.9. The van der Waals surface area contributed by atoms with Crippen molar-refractivity contribution < 1.29 is 4.79 Å². The first-order valence-corrected chi connectivity index (χ1v) is 10.7. The van der Waals surface area contributed by atoms with Crippen molar-refractivity contribution >= 4 is 66.2 Å². The molecule has 0 aliphatic rings. The van der Waals surface area contributed by atoms with Crippen LogP contribution in [0.2, 0.25) is 0 Å². The Bertz CT molecular complexity index is 1200. The van der Waals surface area contributed by atoms with Crippen LogP contribution in [0.5, 0.6) is 0 Å². The standard InChI is InChI=1S/C23H19BrINO/c1-23(2,3)17-8-6-9-18(25)21(17)22(27)26-19-10-5-4-7-15(19)16-13-14(24)11-12-20(16)26/h4-13H,1-3H3. The molecule has 1 heterocycles. The monoisotopic (exact) mass is 531 g/mol. The van der Waals surface area contributed by atoms with Crippen LogP contribution in [-0.2, 0) is 5.41 Å².